The number of amides is 1. The Morgan fingerprint density at radius 2 is 1.75 bits per heavy atom. The van der Waals surface area contributed by atoms with E-state index in [4.69, 9.17) is 0 Å². The van der Waals surface area contributed by atoms with Crippen LogP contribution in [0.15, 0.2) is 66.7 Å². The third-order valence-electron chi connectivity index (χ3n) is 4.25. The Morgan fingerprint density at radius 3 is 2.50 bits per heavy atom. The van der Waals surface area contributed by atoms with E-state index in [2.05, 4.69) is 36.5 Å². The van der Waals surface area contributed by atoms with Crippen molar-refractivity contribution in [1.82, 2.24) is 4.90 Å². The van der Waals surface area contributed by atoms with Gasteiger partial charge in [0.25, 0.3) is 5.91 Å². The molecule has 2 heterocycles. The van der Waals surface area contributed by atoms with Crippen molar-refractivity contribution in [3.05, 3.63) is 87.6 Å². The summed E-state index contributed by atoms with van der Waals surface area (Å²) in [5, 5.41) is 3.54. The molecule has 1 N–H and O–H groups in total. The molecule has 0 aliphatic carbocycles. The van der Waals surface area contributed by atoms with Crippen LogP contribution < -0.4 is 5.32 Å². The van der Waals surface area contributed by atoms with Gasteiger partial charge in [-0.2, -0.15) is 0 Å². The van der Waals surface area contributed by atoms with Crippen molar-refractivity contribution in [3.8, 4) is 0 Å². The smallest absolute Gasteiger partial charge is 0.258 e. The summed E-state index contributed by atoms with van der Waals surface area (Å²) in [6.07, 6.45) is -0.133. The number of thiophene rings is 1. The topological polar surface area (TPSA) is 32.3 Å². The molecule has 2 aromatic carbocycles. The number of hydrogen-bond donors (Lipinski definition) is 1. The van der Waals surface area contributed by atoms with E-state index in [0.29, 0.717) is 6.54 Å². The maximum Gasteiger partial charge on any atom is 0.258 e. The molecule has 0 spiro atoms. The van der Waals surface area contributed by atoms with Crippen molar-refractivity contribution >= 4 is 22.9 Å². The van der Waals surface area contributed by atoms with Gasteiger partial charge in [-0.1, -0.05) is 42.5 Å². The van der Waals surface area contributed by atoms with Gasteiger partial charge in [-0.05, 0) is 36.8 Å². The lowest BCUT2D eigenvalue weighted by Crippen LogP contribution is -2.42. The molecule has 3 aromatic rings. The fourth-order valence-electron chi connectivity index (χ4n) is 3.06. The summed E-state index contributed by atoms with van der Waals surface area (Å²) < 4.78 is 0. The molecule has 0 unspecified atom stereocenters. The van der Waals surface area contributed by atoms with E-state index in [1.807, 2.05) is 47.4 Å². The standard InChI is InChI=1S/C20H18N2OS/c1-14-11-12-18(24-14)19-21-17-10-6-5-9-16(17)20(23)22(19)13-15-7-3-2-4-8-15/h2-12,19,21H,13H2,1H3/t19-/m0/s1. The van der Waals surface area contributed by atoms with Gasteiger partial charge in [0.05, 0.1) is 5.56 Å². The Labute approximate surface area is 145 Å². The Balaban J connectivity index is 1.75. The Kier molecular flexibility index (Phi) is 3.82. The summed E-state index contributed by atoms with van der Waals surface area (Å²) in [6, 6.07) is 22.1. The number of carbonyl (C=O) groups excluding carboxylic acids is 1. The summed E-state index contributed by atoms with van der Waals surface area (Å²) in [5.74, 6) is 0.0734. The molecular weight excluding hydrogens is 316 g/mol. The van der Waals surface area contributed by atoms with Crippen molar-refractivity contribution in [2.24, 2.45) is 0 Å². The molecule has 120 valence electrons. The molecular formula is C20H18N2OS. The lowest BCUT2D eigenvalue weighted by Gasteiger charge is -2.37. The molecule has 1 aliphatic heterocycles. The lowest BCUT2D eigenvalue weighted by molar-refractivity contribution is 0.0669. The van der Waals surface area contributed by atoms with Gasteiger partial charge in [0.1, 0.15) is 6.17 Å². The van der Waals surface area contributed by atoms with Crippen LogP contribution in [0, 0.1) is 6.92 Å². The normalized spacial score (nSPS) is 16.6. The van der Waals surface area contributed by atoms with Gasteiger partial charge in [0, 0.05) is 22.0 Å². The number of benzene rings is 2. The van der Waals surface area contributed by atoms with Crippen LogP contribution in [0.5, 0.6) is 0 Å². The molecule has 3 nitrogen and oxygen atoms in total. The number of carbonyl (C=O) groups is 1. The number of fused-ring (bicyclic) bond motifs is 1. The first-order chi connectivity index (χ1) is 11.7. The van der Waals surface area contributed by atoms with Crippen LogP contribution in [-0.2, 0) is 6.54 Å². The van der Waals surface area contributed by atoms with Gasteiger partial charge in [0.2, 0.25) is 0 Å². The van der Waals surface area contributed by atoms with Gasteiger partial charge >= 0.3 is 0 Å². The first kappa shape index (κ1) is 15.0. The first-order valence-electron chi connectivity index (χ1n) is 7.99. The predicted molar refractivity (Wildman–Crippen MR) is 98.2 cm³/mol. The molecule has 0 bridgehead atoms. The van der Waals surface area contributed by atoms with Gasteiger partial charge in [-0.25, -0.2) is 0 Å². The highest BCUT2D eigenvalue weighted by molar-refractivity contribution is 7.12. The van der Waals surface area contributed by atoms with E-state index in [-0.39, 0.29) is 12.1 Å². The zero-order valence-electron chi connectivity index (χ0n) is 13.4. The minimum Gasteiger partial charge on any atom is -0.360 e. The molecule has 1 aromatic heterocycles. The van der Waals surface area contributed by atoms with Crippen LogP contribution >= 0.6 is 11.3 Å². The maximum atomic E-state index is 13.1. The maximum absolute atomic E-state index is 13.1. The van der Waals surface area contributed by atoms with Crippen LogP contribution in [-0.4, -0.2) is 10.8 Å². The van der Waals surface area contributed by atoms with Gasteiger partial charge < -0.3 is 10.2 Å². The molecule has 24 heavy (non-hydrogen) atoms. The second kappa shape index (κ2) is 6.13. The fraction of sp³-hybridized carbons (Fsp3) is 0.150. The van der Waals surface area contributed by atoms with Crippen LogP contribution in [0.3, 0.4) is 0 Å². The fourth-order valence-corrected chi connectivity index (χ4v) is 4.00. The number of aryl methyl sites for hydroxylation is 1. The van der Waals surface area contributed by atoms with E-state index < -0.39 is 0 Å². The van der Waals surface area contributed by atoms with Crippen LogP contribution in [0.25, 0.3) is 0 Å². The van der Waals surface area contributed by atoms with Gasteiger partial charge in [-0.15, -0.1) is 11.3 Å². The highest BCUT2D eigenvalue weighted by Gasteiger charge is 2.33. The molecule has 1 amide bonds. The average Bonchev–Trinajstić information content (AvgIpc) is 3.04. The van der Waals surface area contributed by atoms with Crippen molar-refractivity contribution in [2.75, 3.05) is 5.32 Å². The van der Waals surface area contributed by atoms with Gasteiger partial charge in [0.15, 0.2) is 0 Å². The van der Waals surface area contributed by atoms with Crippen molar-refractivity contribution in [1.29, 1.82) is 0 Å². The molecule has 1 aliphatic rings. The second-order valence-corrected chi connectivity index (χ2v) is 7.28. The zero-order chi connectivity index (χ0) is 16.5. The van der Waals surface area contributed by atoms with Crippen LogP contribution in [0.2, 0.25) is 0 Å². The molecule has 1 atom stereocenters. The molecule has 0 fully saturated rings. The Bertz CT molecular complexity index is 872. The number of nitrogens with zero attached hydrogens (tertiary/aromatic N) is 1. The number of hydrogen-bond acceptors (Lipinski definition) is 3. The molecule has 0 saturated heterocycles. The molecule has 0 saturated carbocycles. The monoisotopic (exact) mass is 334 g/mol. The summed E-state index contributed by atoms with van der Waals surface area (Å²) in [7, 11) is 0. The van der Waals surface area contributed by atoms with Crippen LogP contribution in [0.4, 0.5) is 5.69 Å². The number of rotatable bonds is 3. The lowest BCUT2D eigenvalue weighted by atomic mass is 10.1. The van der Waals surface area contributed by atoms with Crippen molar-refractivity contribution in [3.63, 3.8) is 0 Å². The van der Waals surface area contributed by atoms with E-state index in [9.17, 15) is 4.79 Å². The van der Waals surface area contributed by atoms with Crippen molar-refractivity contribution < 1.29 is 4.79 Å². The van der Waals surface area contributed by atoms with E-state index in [1.165, 1.54) is 4.88 Å². The average molecular weight is 334 g/mol. The summed E-state index contributed by atoms with van der Waals surface area (Å²) in [4.78, 5) is 17.4. The van der Waals surface area contributed by atoms with E-state index >= 15 is 0 Å². The number of nitrogens with one attached hydrogen (secondary N) is 1. The molecule has 0 radical (unpaired) electrons. The number of para-hydroxylation sites is 1. The second-order valence-electron chi connectivity index (χ2n) is 5.96. The van der Waals surface area contributed by atoms with Crippen LogP contribution in [0.1, 0.15) is 31.8 Å². The highest BCUT2D eigenvalue weighted by atomic mass is 32.1. The largest absolute Gasteiger partial charge is 0.360 e. The molecule has 4 rings (SSSR count). The highest BCUT2D eigenvalue weighted by Crippen LogP contribution is 2.36. The summed E-state index contributed by atoms with van der Waals surface area (Å²) in [6.45, 7) is 2.68. The quantitative estimate of drug-likeness (QED) is 0.744. The van der Waals surface area contributed by atoms with E-state index in [0.717, 1.165) is 21.7 Å². The molecule has 4 heteroatoms. The minimum atomic E-state index is -0.133. The predicted octanol–water partition coefficient (Wildman–Crippen LogP) is 4.82. The first-order valence-corrected chi connectivity index (χ1v) is 8.81. The minimum absolute atomic E-state index is 0.0734. The summed E-state index contributed by atoms with van der Waals surface area (Å²) >= 11 is 1.73. The van der Waals surface area contributed by atoms with E-state index in [1.54, 1.807) is 11.3 Å². The Morgan fingerprint density at radius 1 is 1.00 bits per heavy atom. The Hall–Kier alpha value is -2.59. The third-order valence-corrected chi connectivity index (χ3v) is 5.30. The third kappa shape index (κ3) is 2.69. The SMILES string of the molecule is Cc1ccc([C@H]2Nc3ccccc3C(=O)N2Cc2ccccc2)s1. The summed E-state index contributed by atoms with van der Waals surface area (Å²) in [5.41, 5.74) is 2.77. The number of anilines is 1. The zero-order valence-corrected chi connectivity index (χ0v) is 14.2. The van der Waals surface area contributed by atoms with Crippen molar-refractivity contribution in [2.45, 2.75) is 19.6 Å². The van der Waals surface area contributed by atoms with Gasteiger partial charge in [-0.3, -0.25) is 4.79 Å².